The number of phenolic OH excluding ortho intramolecular Hbond substituents is 1. The molecule has 2 N–H and O–H groups in total. The number of halogens is 2. The van der Waals surface area contributed by atoms with Crippen molar-refractivity contribution in [3.8, 4) is 17.2 Å². The van der Waals surface area contributed by atoms with Crippen LogP contribution in [0.3, 0.4) is 0 Å². The van der Waals surface area contributed by atoms with Gasteiger partial charge in [-0.1, -0.05) is 30.3 Å². The highest BCUT2D eigenvalue weighted by atomic mass is 79.9. The Balaban J connectivity index is 1.78. The Labute approximate surface area is 195 Å². The van der Waals surface area contributed by atoms with Crippen molar-refractivity contribution in [1.29, 1.82) is 0 Å². The summed E-state index contributed by atoms with van der Waals surface area (Å²) < 4.78 is 25.2. The summed E-state index contributed by atoms with van der Waals surface area (Å²) in [5.41, 5.74) is 3.32. The first-order chi connectivity index (χ1) is 15.5. The van der Waals surface area contributed by atoms with Crippen LogP contribution in [0, 0.1) is 5.82 Å². The van der Waals surface area contributed by atoms with E-state index in [0.717, 1.165) is 28.2 Å². The molecule has 3 aromatic carbocycles. The van der Waals surface area contributed by atoms with Crippen molar-refractivity contribution >= 4 is 21.6 Å². The van der Waals surface area contributed by atoms with E-state index < -0.39 is 6.17 Å². The summed E-state index contributed by atoms with van der Waals surface area (Å²) in [5.74, 6) is 0.957. The predicted molar refractivity (Wildman–Crippen MR) is 126 cm³/mol. The third-order valence-corrected chi connectivity index (χ3v) is 6.02. The lowest BCUT2D eigenvalue weighted by Crippen LogP contribution is -2.33. The molecule has 3 aromatic rings. The van der Waals surface area contributed by atoms with Gasteiger partial charge in [0.15, 0.2) is 11.5 Å². The lowest BCUT2D eigenvalue weighted by Gasteiger charge is -2.31. The van der Waals surface area contributed by atoms with Gasteiger partial charge in [0.1, 0.15) is 17.7 Å². The van der Waals surface area contributed by atoms with Crippen molar-refractivity contribution in [2.75, 3.05) is 13.7 Å². The van der Waals surface area contributed by atoms with Crippen molar-refractivity contribution in [3.05, 3.63) is 87.6 Å². The number of methoxy groups -OCH3 is 1. The number of aliphatic imine (C=N–C) groups is 1. The molecule has 0 saturated heterocycles. The molecule has 0 unspecified atom stereocenters. The zero-order valence-corrected chi connectivity index (χ0v) is 19.4. The molecule has 0 spiro atoms. The van der Waals surface area contributed by atoms with Gasteiger partial charge in [-0.25, -0.2) is 4.39 Å². The van der Waals surface area contributed by atoms with Gasteiger partial charge in [0, 0.05) is 23.7 Å². The third-order valence-electron chi connectivity index (χ3n) is 5.41. The number of phenols is 1. The molecule has 32 heavy (non-hydrogen) atoms. The number of benzene rings is 3. The first-order valence-electron chi connectivity index (χ1n) is 10.4. The number of nitrogens with one attached hydrogen (secondary N) is 1. The normalized spacial score (nSPS) is 18.2. The zero-order chi connectivity index (χ0) is 22.7. The maximum atomic E-state index is 13.8. The van der Waals surface area contributed by atoms with Crippen LogP contribution in [0.25, 0.3) is 0 Å². The molecule has 0 fully saturated rings. The van der Waals surface area contributed by atoms with Crippen LogP contribution in [0.5, 0.6) is 17.2 Å². The van der Waals surface area contributed by atoms with E-state index in [0.29, 0.717) is 23.2 Å². The first kappa shape index (κ1) is 22.3. The molecule has 0 amide bonds. The number of hydrogen-bond acceptors (Lipinski definition) is 5. The average molecular weight is 499 g/mol. The van der Waals surface area contributed by atoms with E-state index in [9.17, 15) is 9.50 Å². The Kier molecular flexibility index (Phi) is 6.77. The Morgan fingerprint density at radius 1 is 1.16 bits per heavy atom. The largest absolute Gasteiger partial charge is 0.504 e. The van der Waals surface area contributed by atoms with Crippen molar-refractivity contribution in [2.24, 2.45) is 4.99 Å². The Morgan fingerprint density at radius 2 is 1.97 bits per heavy atom. The van der Waals surface area contributed by atoms with Crippen molar-refractivity contribution < 1.29 is 19.0 Å². The Bertz CT molecular complexity index is 1150. The monoisotopic (exact) mass is 498 g/mol. The molecule has 0 aromatic heterocycles. The van der Waals surface area contributed by atoms with Crippen LogP contribution in [0.4, 0.5) is 4.39 Å². The van der Waals surface area contributed by atoms with Gasteiger partial charge in [0.25, 0.3) is 0 Å². The summed E-state index contributed by atoms with van der Waals surface area (Å²) in [5, 5.41) is 14.4. The lowest BCUT2D eigenvalue weighted by atomic mass is 9.93. The standard InChI is InChI=1S/C25H24BrFN2O3/c1-3-32-23-9-5-8-18(24(23)30)22-14-21(15-6-4-7-17(12-15)31-2)28-25(29-22)16-10-11-20(27)19(26)13-16/h4-13,22,25,29-30H,3,14H2,1-2H3/t22-,25+/m1/s1. The van der Waals surface area contributed by atoms with Crippen molar-refractivity contribution in [3.63, 3.8) is 0 Å². The van der Waals surface area contributed by atoms with E-state index in [2.05, 4.69) is 21.2 Å². The second-order valence-corrected chi connectivity index (χ2v) is 8.29. The number of nitrogens with zero attached hydrogens (tertiary/aromatic N) is 1. The molecular formula is C25H24BrFN2O3. The number of hydrogen-bond donors (Lipinski definition) is 2. The second kappa shape index (κ2) is 9.71. The summed E-state index contributed by atoms with van der Waals surface area (Å²) >= 11 is 3.27. The fourth-order valence-corrected chi connectivity index (χ4v) is 4.23. The minimum absolute atomic E-state index is 0.109. The van der Waals surface area contributed by atoms with Gasteiger partial charge in [-0.15, -0.1) is 0 Å². The molecule has 4 rings (SSSR count). The van der Waals surface area contributed by atoms with Gasteiger partial charge < -0.3 is 14.6 Å². The summed E-state index contributed by atoms with van der Waals surface area (Å²) in [6, 6.07) is 17.8. The molecule has 7 heteroatoms. The topological polar surface area (TPSA) is 63.1 Å². The smallest absolute Gasteiger partial charge is 0.162 e. The number of para-hydroxylation sites is 1. The zero-order valence-electron chi connectivity index (χ0n) is 17.8. The predicted octanol–water partition coefficient (Wildman–Crippen LogP) is 5.92. The highest BCUT2D eigenvalue weighted by Crippen LogP contribution is 2.39. The summed E-state index contributed by atoms with van der Waals surface area (Å²) in [7, 11) is 1.63. The van der Waals surface area contributed by atoms with E-state index in [4.69, 9.17) is 14.5 Å². The molecule has 5 nitrogen and oxygen atoms in total. The first-order valence-corrected chi connectivity index (χ1v) is 11.2. The van der Waals surface area contributed by atoms with E-state index in [1.54, 1.807) is 25.3 Å². The minimum Gasteiger partial charge on any atom is -0.504 e. The fourth-order valence-electron chi connectivity index (χ4n) is 3.83. The van der Waals surface area contributed by atoms with E-state index in [1.807, 2.05) is 43.3 Å². The van der Waals surface area contributed by atoms with Crippen LogP contribution in [0.1, 0.15) is 42.2 Å². The highest BCUT2D eigenvalue weighted by molar-refractivity contribution is 9.10. The molecule has 2 atom stereocenters. The minimum atomic E-state index is -0.429. The fraction of sp³-hybridized carbons (Fsp3) is 0.240. The van der Waals surface area contributed by atoms with E-state index >= 15 is 0 Å². The van der Waals surface area contributed by atoms with Crippen LogP contribution in [-0.2, 0) is 0 Å². The Hall–Kier alpha value is -2.90. The van der Waals surface area contributed by atoms with E-state index in [1.165, 1.54) is 6.07 Å². The number of ether oxygens (including phenoxy) is 2. The third kappa shape index (κ3) is 4.64. The van der Waals surface area contributed by atoms with Crippen molar-refractivity contribution in [2.45, 2.75) is 25.6 Å². The van der Waals surface area contributed by atoms with Gasteiger partial charge in [-0.3, -0.25) is 10.3 Å². The number of aromatic hydroxyl groups is 1. The SMILES string of the molecule is CCOc1cccc([C@H]2CC(c3cccc(OC)c3)=N[C@H](c3ccc(F)c(Br)c3)N2)c1O. The van der Waals surface area contributed by atoms with Gasteiger partial charge >= 0.3 is 0 Å². The van der Waals surface area contributed by atoms with Gasteiger partial charge in [-0.05, 0) is 64.3 Å². The second-order valence-electron chi connectivity index (χ2n) is 7.43. The molecule has 0 saturated carbocycles. The van der Waals surface area contributed by atoms with Gasteiger partial charge in [0.2, 0.25) is 0 Å². The van der Waals surface area contributed by atoms with Crippen LogP contribution in [-0.4, -0.2) is 24.5 Å². The molecule has 1 aliphatic heterocycles. The summed E-state index contributed by atoms with van der Waals surface area (Å²) in [6.07, 6.45) is 0.122. The van der Waals surface area contributed by atoms with Gasteiger partial charge in [0.05, 0.1) is 18.2 Å². The van der Waals surface area contributed by atoms with Crippen LogP contribution in [0.15, 0.2) is 70.1 Å². The molecule has 166 valence electrons. The Morgan fingerprint density at radius 3 is 2.72 bits per heavy atom. The molecule has 1 heterocycles. The molecule has 0 bridgehead atoms. The van der Waals surface area contributed by atoms with Crippen LogP contribution < -0.4 is 14.8 Å². The van der Waals surface area contributed by atoms with Crippen molar-refractivity contribution in [1.82, 2.24) is 5.32 Å². The quantitative estimate of drug-likeness (QED) is 0.442. The summed E-state index contributed by atoms with van der Waals surface area (Å²) in [6.45, 7) is 2.33. The maximum absolute atomic E-state index is 13.8. The lowest BCUT2D eigenvalue weighted by molar-refractivity contribution is 0.313. The van der Waals surface area contributed by atoms with E-state index in [-0.39, 0.29) is 17.6 Å². The average Bonchev–Trinajstić information content (AvgIpc) is 2.82. The number of rotatable bonds is 6. The highest BCUT2D eigenvalue weighted by Gasteiger charge is 2.29. The summed E-state index contributed by atoms with van der Waals surface area (Å²) in [4.78, 5) is 4.93. The van der Waals surface area contributed by atoms with Crippen LogP contribution >= 0.6 is 15.9 Å². The molecule has 0 radical (unpaired) electrons. The molecular weight excluding hydrogens is 475 g/mol. The van der Waals surface area contributed by atoms with Gasteiger partial charge in [-0.2, -0.15) is 0 Å². The maximum Gasteiger partial charge on any atom is 0.162 e. The van der Waals surface area contributed by atoms with Crippen LogP contribution in [0.2, 0.25) is 0 Å². The molecule has 0 aliphatic carbocycles. The molecule has 1 aliphatic rings.